The van der Waals surface area contributed by atoms with E-state index in [1.807, 2.05) is 13.0 Å². The third-order valence-electron chi connectivity index (χ3n) is 3.30. The van der Waals surface area contributed by atoms with Crippen molar-refractivity contribution in [2.45, 2.75) is 39.0 Å². The Labute approximate surface area is 102 Å². The summed E-state index contributed by atoms with van der Waals surface area (Å²) in [7, 11) is 0. The fourth-order valence-corrected chi connectivity index (χ4v) is 2.73. The molecular weight excluding hydrogens is 220 g/mol. The van der Waals surface area contributed by atoms with Crippen LogP contribution in [0.25, 0.3) is 0 Å². The number of hydrogen-bond acceptors (Lipinski definition) is 1. The maximum Gasteiger partial charge on any atom is 0.133 e. The van der Waals surface area contributed by atoms with E-state index in [1.54, 1.807) is 0 Å². The number of Topliss-reactive ketones (excluding diaryl/α,β-unsaturated/α-hetero) is 1. The largest absolute Gasteiger partial charge is 0.300 e. The van der Waals surface area contributed by atoms with Crippen LogP contribution in [0.1, 0.15) is 36.8 Å². The van der Waals surface area contributed by atoms with E-state index in [2.05, 4.69) is 12.1 Å². The molecule has 0 saturated heterocycles. The normalized spacial score (nSPS) is 21.1. The first-order chi connectivity index (χ1) is 7.65. The summed E-state index contributed by atoms with van der Waals surface area (Å²) in [5.74, 6) is 0.918. The number of rotatable bonds is 2. The Balaban J connectivity index is 2.05. The predicted molar refractivity (Wildman–Crippen MR) is 66.9 cm³/mol. The van der Waals surface area contributed by atoms with Crippen molar-refractivity contribution in [1.29, 1.82) is 0 Å². The van der Waals surface area contributed by atoms with Gasteiger partial charge in [0.25, 0.3) is 0 Å². The molecule has 0 bridgehead atoms. The molecule has 2 rings (SSSR count). The topological polar surface area (TPSA) is 17.1 Å². The Hall–Kier alpha value is -0.820. The number of hydrogen-bond donors (Lipinski definition) is 0. The highest BCUT2D eigenvalue weighted by atomic mass is 35.5. The number of ketones is 1. The van der Waals surface area contributed by atoms with Gasteiger partial charge in [0.05, 0.1) is 0 Å². The fraction of sp³-hybridized carbons (Fsp3) is 0.500. The fourth-order valence-electron chi connectivity index (χ4n) is 2.42. The number of halogens is 1. The molecule has 0 aromatic heterocycles. The molecule has 16 heavy (non-hydrogen) atoms. The van der Waals surface area contributed by atoms with Crippen LogP contribution in [0.2, 0.25) is 5.02 Å². The Kier molecular flexibility index (Phi) is 3.65. The summed E-state index contributed by atoms with van der Waals surface area (Å²) < 4.78 is 0. The summed E-state index contributed by atoms with van der Waals surface area (Å²) in [4.78, 5) is 11.4. The van der Waals surface area contributed by atoms with Gasteiger partial charge in [0.15, 0.2) is 0 Å². The van der Waals surface area contributed by atoms with E-state index in [0.717, 1.165) is 37.1 Å². The number of carbonyl (C=O) groups is 1. The number of benzene rings is 1. The predicted octanol–water partition coefficient (Wildman–Crippen LogP) is 3.95. The van der Waals surface area contributed by atoms with Crippen molar-refractivity contribution < 1.29 is 4.79 Å². The zero-order chi connectivity index (χ0) is 11.5. The van der Waals surface area contributed by atoms with Gasteiger partial charge in [0.1, 0.15) is 5.78 Å². The van der Waals surface area contributed by atoms with Gasteiger partial charge in [0.2, 0.25) is 0 Å². The van der Waals surface area contributed by atoms with Crippen LogP contribution in [0.3, 0.4) is 0 Å². The zero-order valence-corrected chi connectivity index (χ0v) is 10.4. The van der Waals surface area contributed by atoms with Crippen molar-refractivity contribution in [1.82, 2.24) is 0 Å². The molecule has 86 valence electrons. The lowest BCUT2D eigenvalue weighted by atomic mass is 9.84. The summed E-state index contributed by atoms with van der Waals surface area (Å²) in [5.41, 5.74) is 2.38. The number of aryl methyl sites for hydroxylation is 1. The number of carbonyl (C=O) groups excluding carboxylic acids is 1. The maximum absolute atomic E-state index is 11.4. The van der Waals surface area contributed by atoms with Crippen LogP contribution in [-0.2, 0) is 11.2 Å². The Morgan fingerprint density at radius 3 is 2.94 bits per heavy atom. The van der Waals surface area contributed by atoms with Gasteiger partial charge < -0.3 is 0 Å². The van der Waals surface area contributed by atoms with E-state index in [9.17, 15) is 4.79 Å². The first-order valence-electron chi connectivity index (χ1n) is 5.92. The van der Waals surface area contributed by atoms with Gasteiger partial charge in [-0.2, -0.15) is 0 Å². The highest BCUT2D eigenvalue weighted by Gasteiger charge is 2.20. The minimum absolute atomic E-state index is 0.416. The average Bonchev–Trinajstić information content (AvgIpc) is 2.22. The van der Waals surface area contributed by atoms with Crippen LogP contribution in [0.5, 0.6) is 0 Å². The molecule has 0 radical (unpaired) electrons. The third kappa shape index (κ3) is 2.85. The van der Waals surface area contributed by atoms with E-state index < -0.39 is 0 Å². The van der Waals surface area contributed by atoms with Gasteiger partial charge in [-0.3, -0.25) is 4.79 Å². The van der Waals surface area contributed by atoms with E-state index in [1.165, 1.54) is 11.1 Å². The highest BCUT2D eigenvalue weighted by Crippen LogP contribution is 2.28. The van der Waals surface area contributed by atoms with Crippen LogP contribution in [0, 0.1) is 12.8 Å². The molecule has 1 unspecified atom stereocenters. The van der Waals surface area contributed by atoms with Crippen molar-refractivity contribution >= 4 is 17.4 Å². The first-order valence-corrected chi connectivity index (χ1v) is 6.29. The van der Waals surface area contributed by atoms with Crippen LogP contribution in [0.4, 0.5) is 0 Å². The second-order valence-electron chi connectivity index (χ2n) is 4.80. The van der Waals surface area contributed by atoms with Gasteiger partial charge in [-0.1, -0.05) is 23.7 Å². The molecule has 1 aromatic carbocycles. The van der Waals surface area contributed by atoms with Crippen LogP contribution in [0.15, 0.2) is 18.2 Å². The third-order valence-corrected chi connectivity index (χ3v) is 3.65. The maximum atomic E-state index is 11.4. The molecular formula is C14H17ClO. The molecule has 1 saturated carbocycles. The van der Waals surface area contributed by atoms with Gasteiger partial charge >= 0.3 is 0 Å². The molecule has 1 nitrogen and oxygen atoms in total. The SMILES string of the molecule is Cc1ccc(CC2CCCC(=O)C2)c(Cl)c1. The zero-order valence-electron chi connectivity index (χ0n) is 9.63. The lowest BCUT2D eigenvalue weighted by Crippen LogP contribution is -2.17. The van der Waals surface area contributed by atoms with E-state index in [0.29, 0.717) is 11.7 Å². The summed E-state index contributed by atoms with van der Waals surface area (Å²) >= 11 is 6.20. The average molecular weight is 237 g/mol. The molecule has 1 fully saturated rings. The molecule has 0 amide bonds. The standard InChI is InChI=1S/C14H17ClO/c1-10-5-6-12(14(15)7-10)8-11-3-2-4-13(16)9-11/h5-7,11H,2-4,8-9H2,1H3. The Morgan fingerprint density at radius 1 is 1.44 bits per heavy atom. The lowest BCUT2D eigenvalue weighted by Gasteiger charge is -2.21. The van der Waals surface area contributed by atoms with E-state index in [4.69, 9.17) is 11.6 Å². The molecule has 2 heteroatoms. The molecule has 1 atom stereocenters. The Bertz CT molecular complexity index is 398. The smallest absolute Gasteiger partial charge is 0.133 e. The quantitative estimate of drug-likeness (QED) is 0.760. The van der Waals surface area contributed by atoms with Crippen molar-refractivity contribution in [3.05, 3.63) is 34.3 Å². The highest BCUT2D eigenvalue weighted by molar-refractivity contribution is 6.31. The van der Waals surface area contributed by atoms with Gasteiger partial charge in [-0.25, -0.2) is 0 Å². The summed E-state index contributed by atoms with van der Waals surface area (Å²) in [6, 6.07) is 6.18. The van der Waals surface area contributed by atoms with E-state index in [-0.39, 0.29) is 0 Å². The molecule has 0 heterocycles. The monoisotopic (exact) mass is 236 g/mol. The molecule has 1 aliphatic rings. The molecule has 0 N–H and O–H groups in total. The van der Waals surface area contributed by atoms with Crippen LogP contribution < -0.4 is 0 Å². The minimum Gasteiger partial charge on any atom is -0.300 e. The summed E-state index contributed by atoms with van der Waals surface area (Å²) in [6.07, 6.45) is 4.68. The molecule has 0 spiro atoms. The van der Waals surface area contributed by atoms with Crippen LogP contribution in [-0.4, -0.2) is 5.78 Å². The van der Waals surface area contributed by atoms with Crippen molar-refractivity contribution in [2.75, 3.05) is 0 Å². The minimum atomic E-state index is 0.416. The van der Waals surface area contributed by atoms with Crippen molar-refractivity contribution in [3.63, 3.8) is 0 Å². The van der Waals surface area contributed by atoms with E-state index >= 15 is 0 Å². The van der Waals surface area contributed by atoms with Crippen molar-refractivity contribution in [3.8, 4) is 0 Å². The molecule has 1 aliphatic carbocycles. The lowest BCUT2D eigenvalue weighted by molar-refractivity contribution is -0.121. The molecule has 1 aromatic rings. The van der Waals surface area contributed by atoms with Gasteiger partial charge in [-0.05, 0) is 49.3 Å². The second kappa shape index (κ2) is 5.01. The summed E-state index contributed by atoms with van der Waals surface area (Å²) in [5, 5.41) is 0.845. The van der Waals surface area contributed by atoms with Gasteiger partial charge in [-0.15, -0.1) is 0 Å². The first kappa shape index (κ1) is 11.7. The second-order valence-corrected chi connectivity index (χ2v) is 5.21. The molecule has 0 aliphatic heterocycles. The Morgan fingerprint density at radius 2 is 2.25 bits per heavy atom. The van der Waals surface area contributed by atoms with Crippen molar-refractivity contribution in [2.24, 2.45) is 5.92 Å². The summed E-state index contributed by atoms with van der Waals surface area (Å²) in [6.45, 7) is 2.04. The van der Waals surface area contributed by atoms with Gasteiger partial charge in [0, 0.05) is 17.9 Å². The van der Waals surface area contributed by atoms with Crippen LogP contribution >= 0.6 is 11.6 Å².